The highest BCUT2D eigenvalue weighted by Gasteiger charge is 2.21. The number of thiazole rings is 1. The largest absolute Gasteiger partial charge is 0.358 e. The first-order valence-corrected chi connectivity index (χ1v) is 9.16. The smallest absolute Gasteiger partial charge is 0.233 e. The first-order chi connectivity index (χ1) is 11.5. The zero-order valence-electron chi connectivity index (χ0n) is 15.4. The normalized spacial score (nSPS) is 16.2. The number of halogens is 1. The molecule has 1 saturated heterocycles. The molecule has 0 atom stereocenters. The van der Waals surface area contributed by atoms with Crippen molar-refractivity contribution in [3.63, 3.8) is 0 Å². The Labute approximate surface area is 171 Å². The van der Waals surface area contributed by atoms with Crippen LogP contribution in [0.2, 0.25) is 0 Å². The number of likely N-dealkylation sites (N-methyl/N-ethyl adjacent to an activating group) is 1. The van der Waals surface area contributed by atoms with Gasteiger partial charge in [0.05, 0.1) is 23.8 Å². The number of hydrogen-bond acceptors (Lipinski definition) is 5. The summed E-state index contributed by atoms with van der Waals surface area (Å²) >= 11 is 1.72. The van der Waals surface area contributed by atoms with E-state index in [2.05, 4.69) is 30.8 Å². The summed E-state index contributed by atoms with van der Waals surface area (Å²) in [5.41, 5.74) is 1.09. The van der Waals surface area contributed by atoms with Gasteiger partial charge in [0, 0.05) is 38.1 Å². The molecule has 1 fully saturated rings. The van der Waals surface area contributed by atoms with Gasteiger partial charge in [-0.1, -0.05) is 0 Å². The summed E-state index contributed by atoms with van der Waals surface area (Å²) < 4.78 is 0. The van der Waals surface area contributed by atoms with Crippen LogP contribution in [0.3, 0.4) is 0 Å². The topological polar surface area (TPSA) is 81.7 Å². The van der Waals surface area contributed by atoms with Crippen LogP contribution in [0.15, 0.2) is 4.99 Å². The van der Waals surface area contributed by atoms with Crippen LogP contribution in [0.1, 0.15) is 28.4 Å². The summed E-state index contributed by atoms with van der Waals surface area (Å²) in [5, 5.41) is 10.6. The molecule has 0 aliphatic carbocycles. The van der Waals surface area contributed by atoms with Gasteiger partial charge in [-0.25, -0.2) is 4.98 Å². The molecule has 3 N–H and O–H groups in total. The molecular weight excluding hydrogens is 451 g/mol. The molecule has 0 aromatic carbocycles. The van der Waals surface area contributed by atoms with Gasteiger partial charge in [0.1, 0.15) is 0 Å². The van der Waals surface area contributed by atoms with E-state index in [-0.39, 0.29) is 29.9 Å². The van der Waals surface area contributed by atoms with E-state index >= 15 is 0 Å². The minimum atomic E-state index is 0. The van der Waals surface area contributed by atoms with E-state index in [0.717, 1.165) is 49.1 Å². The maximum atomic E-state index is 11.4. The highest BCUT2D eigenvalue weighted by molar-refractivity contribution is 14.0. The molecule has 0 spiro atoms. The molecule has 1 aromatic rings. The van der Waals surface area contributed by atoms with Crippen molar-refractivity contribution in [3.8, 4) is 0 Å². The SMILES string of the molecule is CN=C(NCc1sc(C)nc1C)NC1CCN(CC(=O)NC)CC1.I. The van der Waals surface area contributed by atoms with Gasteiger partial charge >= 0.3 is 0 Å². The van der Waals surface area contributed by atoms with Gasteiger partial charge in [0.2, 0.25) is 5.91 Å². The summed E-state index contributed by atoms with van der Waals surface area (Å²) in [6.45, 7) is 7.15. The number of aliphatic imine (C=N–C) groups is 1. The van der Waals surface area contributed by atoms with Gasteiger partial charge in [0.25, 0.3) is 0 Å². The second kappa shape index (κ2) is 10.9. The third-order valence-corrected chi connectivity index (χ3v) is 5.29. The number of hydrogen-bond donors (Lipinski definition) is 3. The molecule has 2 rings (SSSR count). The maximum Gasteiger partial charge on any atom is 0.233 e. The van der Waals surface area contributed by atoms with E-state index in [1.807, 2.05) is 13.8 Å². The van der Waals surface area contributed by atoms with Crippen LogP contribution in [0.25, 0.3) is 0 Å². The predicted octanol–water partition coefficient (Wildman–Crippen LogP) is 1.25. The van der Waals surface area contributed by atoms with Crippen LogP contribution in [0.4, 0.5) is 0 Å². The van der Waals surface area contributed by atoms with Crippen molar-refractivity contribution < 1.29 is 4.79 Å². The molecule has 25 heavy (non-hydrogen) atoms. The molecule has 0 saturated carbocycles. The zero-order valence-corrected chi connectivity index (χ0v) is 18.5. The number of aryl methyl sites for hydroxylation is 2. The molecule has 142 valence electrons. The van der Waals surface area contributed by atoms with E-state index < -0.39 is 0 Å². The van der Waals surface area contributed by atoms with Crippen molar-refractivity contribution in [2.24, 2.45) is 4.99 Å². The third-order valence-electron chi connectivity index (χ3n) is 4.21. The molecule has 9 heteroatoms. The Morgan fingerprint density at radius 1 is 1.36 bits per heavy atom. The van der Waals surface area contributed by atoms with Gasteiger partial charge in [-0.15, -0.1) is 35.3 Å². The molecule has 7 nitrogen and oxygen atoms in total. The number of piperidine rings is 1. The Hall–Kier alpha value is -0.940. The van der Waals surface area contributed by atoms with Gasteiger partial charge < -0.3 is 16.0 Å². The van der Waals surface area contributed by atoms with Gasteiger partial charge in [-0.2, -0.15) is 0 Å². The molecule has 0 radical (unpaired) electrons. The van der Waals surface area contributed by atoms with Crippen molar-refractivity contribution in [3.05, 3.63) is 15.6 Å². The summed E-state index contributed by atoms with van der Waals surface area (Å²) in [6.07, 6.45) is 2.02. The van der Waals surface area contributed by atoms with E-state index in [1.165, 1.54) is 4.88 Å². The number of aromatic nitrogens is 1. The van der Waals surface area contributed by atoms with Crippen molar-refractivity contribution in [2.75, 3.05) is 33.7 Å². The summed E-state index contributed by atoms with van der Waals surface area (Å²) in [4.78, 5) is 23.6. The first kappa shape index (κ1) is 22.1. The van der Waals surface area contributed by atoms with Gasteiger partial charge in [0.15, 0.2) is 5.96 Å². The monoisotopic (exact) mass is 480 g/mol. The molecular formula is C16H29IN6OS. The van der Waals surface area contributed by atoms with Crippen molar-refractivity contribution in [1.82, 2.24) is 25.8 Å². The van der Waals surface area contributed by atoms with Crippen LogP contribution >= 0.6 is 35.3 Å². The Morgan fingerprint density at radius 2 is 2.04 bits per heavy atom. The molecule has 0 unspecified atom stereocenters. The second-order valence-electron chi connectivity index (χ2n) is 6.04. The minimum Gasteiger partial charge on any atom is -0.358 e. The van der Waals surface area contributed by atoms with Crippen molar-refractivity contribution >= 4 is 47.2 Å². The fourth-order valence-corrected chi connectivity index (χ4v) is 3.68. The quantitative estimate of drug-likeness (QED) is 0.336. The lowest BCUT2D eigenvalue weighted by Crippen LogP contribution is -2.49. The Kier molecular flexibility index (Phi) is 9.65. The minimum absolute atomic E-state index is 0. The number of amides is 1. The summed E-state index contributed by atoms with van der Waals surface area (Å²) in [6, 6.07) is 0.390. The number of carbonyl (C=O) groups is 1. The maximum absolute atomic E-state index is 11.4. The number of likely N-dealkylation sites (tertiary alicyclic amines) is 1. The lowest BCUT2D eigenvalue weighted by Gasteiger charge is -2.32. The number of carbonyl (C=O) groups excluding carboxylic acids is 1. The van der Waals surface area contributed by atoms with Crippen LogP contribution in [0.5, 0.6) is 0 Å². The lowest BCUT2D eigenvalue weighted by atomic mass is 10.1. The van der Waals surface area contributed by atoms with E-state index in [1.54, 1.807) is 25.4 Å². The first-order valence-electron chi connectivity index (χ1n) is 8.34. The summed E-state index contributed by atoms with van der Waals surface area (Å²) in [5.74, 6) is 0.902. The molecule has 1 aromatic heterocycles. The Morgan fingerprint density at radius 3 is 2.56 bits per heavy atom. The molecule has 1 aliphatic heterocycles. The van der Waals surface area contributed by atoms with Crippen molar-refractivity contribution in [1.29, 1.82) is 0 Å². The zero-order chi connectivity index (χ0) is 17.5. The van der Waals surface area contributed by atoms with Crippen LogP contribution in [0, 0.1) is 13.8 Å². The van der Waals surface area contributed by atoms with Gasteiger partial charge in [-0.05, 0) is 26.7 Å². The van der Waals surface area contributed by atoms with Crippen LogP contribution in [-0.4, -0.2) is 61.5 Å². The van der Waals surface area contributed by atoms with E-state index in [0.29, 0.717) is 12.6 Å². The average Bonchev–Trinajstić information content (AvgIpc) is 2.90. The Bertz CT molecular complexity index is 583. The van der Waals surface area contributed by atoms with Crippen LogP contribution in [-0.2, 0) is 11.3 Å². The van der Waals surface area contributed by atoms with Crippen molar-refractivity contribution in [2.45, 2.75) is 39.3 Å². The number of nitrogens with zero attached hydrogens (tertiary/aromatic N) is 3. The molecule has 1 aliphatic rings. The number of nitrogens with one attached hydrogen (secondary N) is 3. The predicted molar refractivity (Wildman–Crippen MR) is 114 cm³/mol. The highest BCUT2D eigenvalue weighted by Crippen LogP contribution is 2.16. The standard InChI is InChI=1S/C16H28N6OS.HI/c1-11-14(24-12(2)20-11)9-19-16(18-4)21-13-5-7-22(8-6-13)10-15(23)17-3;/h13H,5-10H2,1-4H3,(H,17,23)(H2,18,19,21);1H. The molecule has 2 heterocycles. The van der Waals surface area contributed by atoms with E-state index in [4.69, 9.17) is 0 Å². The average molecular weight is 480 g/mol. The fraction of sp³-hybridized carbons (Fsp3) is 0.688. The molecule has 1 amide bonds. The van der Waals surface area contributed by atoms with Gasteiger partial charge in [-0.3, -0.25) is 14.7 Å². The van der Waals surface area contributed by atoms with Crippen LogP contribution < -0.4 is 16.0 Å². The lowest BCUT2D eigenvalue weighted by molar-refractivity contribution is -0.122. The summed E-state index contributed by atoms with van der Waals surface area (Å²) in [7, 11) is 3.47. The Balaban J connectivity index is 0.00000312. The second-order valence-corrected chi connectivity index (χ2v) is 7.32. The third kappa shape index (κ3) is 7.06. The number of guanidine groups is 1. The number of rotatable bonds is 5. The van der Waals surface area contributed by atoms with E-state index in [9.17, 15) is 4.79 Å². The molecule has 0 bridgehead atoms. The fourth-order valence-electron chi connectivity index (χ4n) is 2.81. The highest BCUT2D eigenvalue weighted by atomic mass is 127.